The predicted molar refractivity (Wildman–Crippen MR) is 103 cm³/mol. The first-order chi connectivity index (χ1) is 14.1. The molecule has 0 radical (unpaired) electrons. The third kappa shape index (κ3) is 5.13. The zero-order valence-corrected chi connectivity index (χ0v) is 15.0. The Kier molecular flexibility index (Phi) is 6.39. The van der Waals surface area contributed by atoms with Crippen LogP contribution in [0.5, 0.6) is 11.5 Å². The summed E-state index contributed by atoms with van der Waals surface area (Å²) in [6, 6.07) is 14.4. The normalized spacial score (nSPS) is 9.87. The Bertz CT molecular complexity index is 1140. The number of urea groups is 1. The maximum absolute atomic E-state index is 11.1. The van der Waals surface area contributed by atoms with E-state index in [1.54, 1.807) is 0 Å². The highest BCUT2D eigenvalue weighted by molar-refractivity contribution is 5.84. The van der Waals surface area contributed by atoms with Gasteiger partial charge in [-0.3, -0.25) is 30.3 Å². The van der Waals surface area contributed by atoms with E-state index in [-0.39, 0.29) is 6.03 Å². The van der Waals surface area contributed by atoms with E-state index in [2.05, 4.69) is 0 Å². The van der Waals surface area contributed by atoms with Gasteiger partial charge in [-0.2, -0.15) is 4.42 Å². The van der Waals surface area contributed by atoms with E-state index in [9.17, 15) is 35.4 Å². The smallest absolute Gasteiger partial charge is 0.503 e. The summed E-state index contributed by atoms with van der Waals surface area (Å²) in [5.74, 6) is -0.802. The van der Waals surface area contributed by atoms with Gasteiger partial charge in [-0.25, -0.2) is 0 Å². The number of nitrogens with zero attached hydrogens (tertiary/aromatic N) is 3. The average molecular weight is 415 g/mol. The molecule has 0 aromatic heterocycles. The Morgan fingerprint density at radius 1 is 0.767 bits per heavy atom. The second kappa shape index (κ2) is 8.92. The fourth-order valence-electron chi connectivity index (χ4n) is 2.33. The van der Waals surface area contributed by atoms with Crippen LogP contribution >= 0.6 is 0 Å². The average Bonchev–Trinajstić information content (AvgIpc) is 2.67. The number of nitrogens with two attached hydrogens (primary N) is 2. The van der Waals surface area contributed by atoms with Crippen molar-refractivity contribution in [2.24, 2.45) is 11.5 Å². The number of benzene rings is 3. The first-order valence-corrected chi connectivity index (χ1v) is 7.93. The minimum atomic E-state index is -1.46. The number of nitro benzene ring substituents is 3. The fourth-order valence-corrected chi connectivity index (χ4v) is 2.33. The van der Waals surface area contributed by atoms with Gasteiger partial charge in [-0.15, -0.1) is 0 Å². The number of carbonyl (C=O) groups excluding carboxylic acids is 1. The molecule has 0 unspecified atom stereocenters. The third-order valence-electron chi connectivity index (χ3n) is 3.60. The lowest BCUT2D eigenvalue weighted by molar-refractivity contribution is -0.420. The van der Waals surface area contributed by atoms with Crippen LogP contribution in [-0.2, 0) is 0 Å². The third-order valence-corrected chi connectivity index (χ3v) is 3.60. The lowest BCUT2D eigenvalue weighted by atomic mass is 10.1. The summed E-state index contributed by atoms with van der Waals surface area (Å²) in [6.07, 6.45) is 0. The van der Waals surface area contributed by atoms with Gasteiger partial charge in [0.1, 0.15) is 0 Å². The van der Waals surface area contributed by atoms with Crippen molar-refractivity contribution in [2.75, 3.05) is 0 Å². The van der Waals surface area contributed by atoms with Crippen LogP contribution in [-0.4, -0.2) is 20.8 Å². The van der Waals surface area contributed by atoms with Crippen LogP contribution in [0.4, 0.5) is 21.5 Å². The molecule has 0 saturated carbocycles. The van der Waals surface area contributed by atoms with Crippen LogP contribution < -0.4 is 16.6 Å². The number of nitro groups is 3. The van der Waals surface area contributed by atoms with Gasteiger partial charge in [-0.05, 0) is 16.8 Å². The number of hydrogen-bond acceptors (Lipinski definition) is 7. The van der Waals surface area contributed by atoms with Gasteiger partial charge in [0.05, 0.1) is 38.7 Å². The summed E-state index contributed by atoms with van der Waals surface area (Å²) in [5.41, 5.74) is 7.22. The lowest BCUT2D eigenvalue weighted by Gasteiger charge is -2.06. The molecule has 154 valence electrons. The summed E-state index contributed by atoms with van der Waals surface area (Å²) in [6.45, 7) is 0. The van der Waals surface area contributed by atoms with Gasteiger partial charge >= 0.3 is 11.8 Å². The molecule has 0 spiro atoms. The van der Waals surface area contributed by atoms with Crippen LogP contribution in [0.25, 0.3) is 10.8 Å². The van der Waals surface area contributed by atoms with Gasteiger partial charge < -0.3 is 16.6 Å². The van der Waals surface area contributed by atoms with Crippen molar-refractivity contribution in [1.29, 1.82) is 0 Å². The van der Waals surface area contributed by atoms with Crippen molar-refractivity contribution in [2.45, 2.75) is 0 Å². The molecule has 13 nitrogen and oxygen atoms in total. The molecule has 3 aromatic carbocycles. The summed E-state index contributed by atoms with van der Waals surface area (Å²) in [5, 5.41) is 44.4. The topological polar surface area (TPSA) is 216 Å². The van der Waals surface area contributed by atoms with Gasteiger partial charge in [0.15, 0.2) is 0 Å². The molecule has 0 bridgehead atoms. The Hall–Kier alpha value is -4.81. The Balaban J connectivity index is 0.000000215. The molecule has 0 fully saturated rings. The van der Waals surface area contributed by atoms with E-state index >= 15 is 0 Å². The summed E-state index contributed by atoms with van der Waals surface area (Å²) in [4.78, 5) is 27.5. The van der Waals surface area contributed by atoms with Gasteiger partial charge in [-0.1, -0.05) is 24.3 Å². The number of primary amides is 2. The van der Waals surface area contributed by atoms with E-state index in [1.807, 2.05) is 42.5 Å². The fraction of sp³-hybridized carbons (Fsp3) is 0. The van der Waals surface area contributed by atoms with Crippen molar-refractivity contribution in [1.82, 2.24) is 0 Å². The summed E-state index contributed by atoms with van der Waals surface area (Å²) < 4.78 is 5.09. The van der Waals surface area contributed by atoms with Crippen LogP contribution in [0.15, 0.2) is 54.6 Å². The van der Waals surface area contributed by atoms with Crippen LogP contribution in [0.3, 0.4) is 0 Å². The largest absolute Gasteiger partial charge is 0.863 e. The Labute approximate surface area is 166 Å². The monoisotopic (exact) mass is 415 g/mol. The minimum absolute atomic E-state index is 0.0414. The first kappa shape index (κ1) is 21.5. The number of rotatable bonds is 4. The number of fused-ring (bicyclic) bond motifs is 1. The first-order valence-electron chi connectivity index (χ1n) is 7.93. The Morgan fingerprint density at radius 3 is 1.77 bits per heavy atom. The van der Waals surface area contributed by atoms with Crippen LogP contribution in [0.2, 0.25) is 0 Å². The number of amides is 2. The van der Waals surface area contributed by atoms with E-state index in [1.165, 1.54) is 0 Å². The standard InChI is InChI=1S/C11H11N2O.C6H3N3O7/c12-11(13)14-10-6-5-8-3-1-2-4-9(8)7-10;10-6-4(8(13)14)1-3(7(11)12)2-5(6)9(15)16/h1-7H,12-13H2;1-2,10H/q+1;/p-1. The van der Waals surface area contributed by atoms with Crippen molar-refractivity contribution < 1.29 is 24.3 Å². The van der Waals surface area contributed by atoms with E-state index < -0.39 is 37.6 Å². The molecule has 0 aliphatic carbocycles. The molecule has 0 aliphatic heterocycles. The molecule has 3 rings (SSSR count). The summed E-state index contributed by atoms with van der Waals surface area (Å²) in [7, 11) is 0. The number of non-ortho nitro benzene ring substituents is 1. The molecule has 0 saturated heterocycles. The van der Waals surface area contributed by atoms with Gasteiger partial charge in [0.2, 0.25) is 0 Å². The van der Waals surface area contributed by atoms with E-state index in [0.717, 1.165) is 10.8 Å². The quantitative estimate of drug-likeness (QED) is 0.368. The molecule has 30 heavy (non-hydrogen) atoms. The zero-order chi connectivity index (χ0) is 22.4. The second-order valence-corrected chi connectivity index (χ2v) is 5.60. The highest BCUT2D eigenvalue weighted by Gasteiger charge is 2.24. The minimum Gasteiger partial charge on any atom is -0.863 e. The molecule has 4 N–H and O–H groups in total. The van der Waals surface area contributed by atoms with Crippen molar-refractivity contribution in [3.63, 3.8) is 0 Å². The predicted octanol–water partition coefficient (Wildman–Crippen LogP) is 2.61. The maximum atomic E-state index is 11.1. The molecule has 0 atom stereocenters. The SMILES string of the molecule is NC(N)=[O+]c1ccc2ccccc2c1.O=[N+]([O-])c1cc([N+](=O)[O-])c([O-])c([N+](=O)[O-])c1. The van der Waals surface area contributed by atoms with Crippen LogP contribution in [0.1, 0.15) is 0 Å². The van der Waals surface area contributed by atoms with Gasteiger partial charge in [0, 0.05) is 6.07 Å². The molecular formula is C17H13N5O8. The lowest BCUT2D eigenvalue weighted by Crippen LogP contribution is -2.20. The summed E-state index contributed by atoms with van der Waals surface area (Å²) >= 11 is 0. The molecule has 13 heteroatoms. The highest BCUT2D eigenvalue weighted by atomic mass is 16.6. The van der Waals surface area contributed by atoms with E-state index in [0.29, 0.717) is 17.9 Å². The zero-order valence-electron chi connectivity index (χ0n) is 15.0. The highest BCUT2D eigenvalue weighted by Crippen LogP contribution is 2.36. The van der Waals surface area contributed by atoms with Crippen LogP contribution in [0, 0.1) is 30.3 Å². The van der Waals surface area contributed by atoms with E-state index in [4.69, 9.17) is 15.9 Å². The van der Waals surface area contributed by atoms with Crippen molar-refractivity contribution in [3.05, 3.63) is 84.9 Å². The van der Waals surface area contributed by atoms with Crippen molar-refractivity contribution >= 4 is 33.9 Å². The molecule has 0 aliphatic rings. The Morgan fingerprint density at radius 2 is 1.30 bits per heavy atom. The molecule has 0 heterocycles. The molecular weight excluding hydrogens is 402 g/mol. The molecule has 2 amide bonds. The molecule has 3 aromatic rings. The second-order valence-electron chi connectivity index (χ2n) is 5.60. The van der Waals surface area contributed by atoms with Crippen molar-refractivity contribution in [3.8, 4) is 11.5 Å². The maximum Gasteiger partial charge on any atom is 0.503 e. The number of hydrogen-bond donors (Lipinski definition) is 2. The van der Waals surface area contributed by atoms with Gasteiger partial charge in [0.25, 0.3) is 17.1 Å².